The van der Waals surface area contributed by atoms with Crippen molar-refractivity contribution >= 4 is 9.84 Å². The lowest BCUT2D eigenvalue weighted by Gasteiger charge is -2.07. The van der Waals surface area contributed by atoms with Crippen molar-refractivity contribution in [3.05, 3.63) is 17.7 Å². The Morgan fingerprint density at radius 3 is 2.43 bits per heavy atom. The highest BCUT2D eigenvalue weighted by atomic mass is 32.2. The van der Waals surface area contributed by atoms with Gasteiger partial charge in [0.15, 0.2) is 9.84 Å². The molecule has 1 aromatic rings. The highest BCUT2D eigenvalue weighted by molar-refractivity contribution is 7.91. The Bertz CT molecular complexity index is 418. The van der Waals surface area contributed by atoms with Crippen molar-refractivity contribution in [2.45, 2.75) is 31.8 Å². The first-order valence-corrected chi connectivity index (χ1v) is 6.25. The molecule has 0 saturated heterocycles. The van der Waals surface area contributed by atoms with Gasteiger partial charge in [-0.1, -0.05) is 0 Å². The maximum absolute atomic E-state index is 11.6. The Morgan fingerprint density at radius 1 is 1.50 bits per heavy atom. The van der Waals surface area contributed by atoms with Crippen LogP contribution < -0.4 is 0 Å². The monoisotopic (exact) mass is 216 g/mol. The van der Waals surface area contributed by atoms with E-state index < -0.39 is 9.84 Å². The molecule has 1 heterocycles. The maximum Gasteiger partial charge on any atom is 0.159 e. The summed E-state index contributed by atoms with van der Waals surface area (Å²) in [6, 6.07) is 0. The number of imidazole rings is 1. The van der Waals surface area contributed by atoms with Crippen LogP contribution in [0.15, 0.2) is 6.20 Å². The molecule has 0 aromatic carbocycles. The summed E-state index contributed by atoms with van der Waals surface area (Å²) in [5, 5.41) is -0.348. The lowest BCUT2D eigenvalue weighted by Crippen LogP contribution is -2.18. The predicted octanol–water partition coefficient (Wildman–Crippen LogP) is 1.05. The zero-order chi connectivity index (χ0) is 10.9. The molecule has 0 aliphatic rings. The molecule has 0 radical (unpaired) electrons. The third-order valence-corrected chi connectivity index (χ3v) is 4.46. The van der Waals surface area contributed by atoms with Gasteiger partial charge in [-0.2, -0.15) is 0 Å². The molecular weight excluding hydrogens is 200 g/mol. The molecule has 5 heteroatoms. The van der Waals surface area contributed by atoms with Gasteiger partial charge in [0.25, 0.3) is 0 Å². The topological polar surface area (TPSA) is 52.0 Å². The lowest BCUT2D eigenvalue weighted by atomic mass is 10.5. The van der Waals surface area contributed by atoms with Gasteiger partial charge in [-0.3, -0.25) is 0 Å². The van der Waals surface area contributed by atoms with Crippen molar-refractivity contribution in [1.82, 2.24) is 9.55 Å². The molecule has 1 rings (SSSR count). The van der Waals surface area contributed by atoms with Crippen molar-refractivity contribution in [2.24, 2.45) is 7.05 Å². The molecule has 0 fully saturated rings. The van der Waals surface area contributed by atoms with Crippen molar-refractivity contribution in [2.75, 3.05) is 0 Å². The van der Waals surface area contributed by atoms with Gasteiger partial charge in [0.1, 0.15) is 11.6 Å². The fourth-order valence-electron chi connectivity index (χ4n) is 1.03. The first kappa shape index (κ1) is 11.2. The molecule has 0 bridgehead atoms. The van der Waals surface area contributed by atoms with Crippen LogP contribution in [-0.2, 0) is 22.6 Å². The molecule has 80 valence electrons. The van der Waals surface area contributed by atoms with E-state index >= 15 is 0 Å². The van der Waals surface area contributed by atoms with E-state index in [1.165, 1.54) is 0 Å². The quantitative estimate of drug-likeness (QED) is 0.759. The van der Waals surface area contributed by atoms with Crippen LogP contribution in [0.3, 0.4) is 0 Å². The zero-order valence-electron chi connectivity index (χ0n) is 8.98. The van der Waals surface area contributed by atoms with Gasteiger partial charge in [-0.05, 0) is 20.8 Å². The number of aryl methyl sites for hydroxylation is 1. The van der Waals surface area contributed by atoms with Crippen LogP contribution in [0.25, 0.3) is 0 Å². The van der Waals surface area contributed by atoms with Crippen LogP contribution in [0.5, 0.6) is 0 Å². The summed E-state index contributed by atoms with van der Waals surface area (Å²) in [5.74, 6) is 0.630. The number of hydrogen-bond acceptors (Lipinski definition) is 3. The van der Waals surface area contributed by atoms with Gasteiger partial charge >= 0.3 is 0 Å². The van der Waals surface area contributed by atoms with Crippen molar-refractivity contribution < 1.29 is 8.42 Å². The molecule has 0 amide bonds. The standard InChI is InChI=1S/C9H16N2O2S/c1-7(2)14(12,13)6-9-10-5-8(3)11(9)4/h5,7H,6H2,1-4H3. The largest absolute Gasteiger partial charge is 0.335 e. The minimum atomic E-state index is -3.04. The number of sulfone groups is 1. The third kappa shape index (κ3) is 2.15. The first-order chi connectivity index (χ1) is 6.34. The summed E-state index contributed by atoms with van der Waals surface area (Å²) < 4.78 is 25.0. The number of rotatable bonds is 3. The van der Waals surface area contributed by atoms with Gasteiger partial charge in [0.2, 0.25) is 0 Å². The molecule has 1 aromatic heterocycles. The van der Waals surface area contributed by atoms with Crippen LogP contribution in [-0.4, -0.2) is 23.2 Å². The van der Waals surface area contributed by atoms with Gasteiger partial charge in [-0.25, -0.2) is 13.4 Å². The van der Waals surface area contributed by atoms with Crippen molar-refractivity contribution in [1.29, 1.82) is 0 Å². The average molecular weight is 216 g/mol. The van der Waals surface area contributed by atoms with Crippen LogP contribution in [0.1, 0.15) is 25.4 Å². The van der Waals surface area contributed by atoms with E-state index in [9.17, 15) is 8.42 Å². The van der Waals surface area contributed by atoms with Crippen molar-refractivity contribution in [3.63, 3.8) is 0 Å². The fraction of sp³-hybridized carbons (Fsp3) is 0.667. The minimum Gasteiger partial charge on any atom is -0.335 e. The Hall–Kier alpha value is -0.840. The Balaban J connectivity index is 2.96. The lowest BCUT2D eigenvalue weighted by molar-refractivity contribution is 0.583. The van der Waals surface area contributed by atoms with Crippen LogP contribution in [0.2, 0.25) is 0 Å². The fourth-order valence-corrected chi connectivity index (χ4v) is 1.99. The minimum absolute atomic E-state index is 0.0228. The molecule has 0 aliphatic carbocycles. The molecule has 0 aliphatic heterocycles. The SMILES string of the molecule is Cc1cnc(CS(=O)(=O)C(C)C)n1C. The van der Waals surface area contributed by atoms with E-state index in [1.807, 2.05) is 14.0 Å². The number of aromatic nitrogens is 2. The average Bonchev–Trinajstić information content (AvgIpc) is 2.35. The van der Waals surface area contributed by atoms with Crippen LogP contribution in [0, 0.1) is 6.92 Å². The predicted molar refractivity (Wildman–Crippen MR) is 55.7 cm³/mol. The normalized spacial score (nSPS) is 12.4. The summed E-state index contributed by atoms with van der Waals surface area (Å²) in [4.78, 5) is 4.07. The van der Waals surface area contributed by atoms with Gasteiger partial charge < -0.3 is 4.57 Å². The molecule has 0 spiro atoms. The van der Waals surface area contributed by atoms with Gasteiger partial charge in [-0.15, -0.1) is 0 Å². The Morgan fingerprint density at radius 2 is 2.07 bits per heavy atom. The van der Waals surface area contributed by atoms with Gasteiger partial charge in [0.05, 0.1) is 5.25 Å². The van der Waals surface area contributed by atoms with E-state index in [0.29, 0.717) is 5.82 Å². The summed E-state index contributed by atoms with van der Waals surface area (Å²) in [6.45, 7) is 5.27. The summed E-state index contributed by atoms with van der Waals surface area (Å²) in [7, 11) is -1.22. The second-order valence-electron chi connectivity index (χ2n) is 3.73. The smallest absolute Gasteiger partial charge is 0.159 e. The molecule has 0 atom stereocenters. The highest BCUT2D eigenvalue weighted by Gasteiger charge is 2.19. The third-order valence-electron chi connectivity index (χ3n) is 2.37. The first-order valence-electron chi connectivity index (χ1n) is 4.53. The van der Waals surface area contributed by atoms with Crippen molar-refractivity contribution in [3.8, 4) is 0 Å². The summed E-state index contributed by atoms with van der Waals surface area (Å²) >= 11 is 0. The van der Waals surface area contributed by atoms with E-state index in [0.717, 1.165) is 5.69 Å². The van der Waals surface area contributed by atoms with E-state index in [-0.39, 0.29) is 11.0 Å². The second-order valence-corrected chi connectivity index (χ2v) is 6.29. The summed E-state index contributed by atoms with van der Waals surface area (Å²) in [5.41, 5.74) is 0.971. The number of nitrogens with zero attached hydrogens (tertiary/aromatic N) is 2. The van der Waals surface area contributed by atoms with Crippen LogP contribution in [0.4, 0.5) is 0 Å². The number of hydrogen-bond donors (Lipinski definition) is 0. The molecule has 0 unspecified atom stereocenters. The zero-order valence-corrected chi connectivity index (χ0v) is 9.80. The Kier molecular flexibility index (Phi) is 2.99. The molecular formula is C9H16N2O2S. The summed E-state index contributed by atoms with van der Waals surface area (Å²) in [6.07, 6.45) is 1.69. The Labute approximate surface area is 84.9 Å². The van der Waals surface area contributed by atoms with Crippen LogP contribution >= 0.6 is 0 Å². The van der Waals surface area contributed by atoms with Gasteiger partial charge in [0, 0.05) is 18.9 Å². The molecule has 14 heavy (non-hydrogen) atoms. The molecule has 0 N–H and O–H groups in total. The van der Waals surface area contributed by atoms with E-state index in [1.54, 1.807) is 24.6 Å². The van der Waals surface area contributed by atoms with E-state index in [4.69, 9.17) is 0 Å². The molecule has 4 nitrogen and oxygen atoms in total. The molecule has 0 saturated carbocycles. The maximum atomic E-state index is 11.6. The second kappa shape index (κ2) is 3.73. The highest BCUT2D eigenvalue weighted by Crippen LogP contribution is 2.10. The van der Waals surface area contributed by atoms with E-state index in [2.05, 4.69) is 4.98 Å².